The summed E-state index contributed by atoms with van der Waals surface area (Å²) in [5, 5.41) is 3.32. The van der Waals surface area contributed by atoms with Crippen LogP contribution in [-0.2, 0) is 9.84 Å². The summed E-state index contributed by atoms with van der Waals surface area (Å²) < 4.78 is 31.4. The molecule has 0 bridgehead atoms. The van der Waals surface area contributed by atoms with Gasteiger partial charge in [-0.2, -0.15) is 0 Å². The van der Waals surface area contributed by atoms with Gasteiger partial charge in [0, 0.05) is 23.6 Å². The van der Waals surface area contributed by atoms with Crippen molar-refractivity contribution in [1.29, 1.82) is 0 Å². The fourth-order valence-electron chi connectivity index (χ4n) is 2.40. The highest BCUT2D eigenvalue weighted by atomic mass is 35.5. The number of hydrogen-bond acceptors (Lipinski definition) is 5. The summed E-state index contributed by atoms with van der Waals surface area (Å²) in [5.74, 6) is 0.712. The van der Waals surface area contributed by atoms with Crippen molar-refractivity contribution in [3.8, 4) is 5.75 Å². The van der Waals surface area contributed by atoms with Crippen LogP contribution in [0.5, 0.6) is 5.75 Å². The van der Waals surface area contributed by atoms with Crippen molar-refractivity contribution in [3.05, 3.63) is 89.8 Å². The highest BCUT2D eigenvalue weighted by molar-refractivity contribution is 8.00. The molecule has 138 valence electrons. The molecule has 1 aromatic heterocycles. The van der Waals surface area contributed by atoms with Gasteiger partial charge in [-0.05, 0) is 48.5 Å². The molecule has 0 saturated heterocycles. The standard InChI is InChI=1S/C20H17ClN2O3S/c1-26-17-10-8-16(9-11-17)22-14-19(15-7-12-20(21)23-13-15)27(24,25)18-5-3-2-4-6-18/h2-14,22H,1H3. The van der Waals surface area contributed by atoms with Crippen LogP contribution in [0.1, 0.15) is 5.56 Å². The molecule has 0 amide bonds. The SMILES string of the molecule is COc1ccc(NC=C(c2ccc(Cl)nc2)S(=O)(=O)c2ccccc2)cc1. The van der Waals surface area contributed by atoms with Crippen LogP contribution < -0.4 is 10.1 Å². The molecule has 3 rings (SSSR count). The Morgan fingerprint density at radius 2 is 1.74 bits per heavy atom. The molecule has 0 fully saturated rings. The summed E-state index contributed by atoms with van der Waals surface area (Å²) >= 11 is 5.84. The molecular formula is C20H17ClN2O3S. The lowest BCUT2D eigenvalue weighted by molar-refractivity contribution is 0.415. The zero-order valence-electron chi connectivity index (χ0n) is 14.5. The maximum atomic E-state index is 13.2. The Bertz CT molecular complexity index is 1030. The van der Waals surface area contributed by atoms with Crippen LogP contribution in [0.15, 0.2) is 84.0 Å². The Morgan fingerprint density at radius 1 is 1.04 bits per heavy atom. The number of rotatable bonds is 6. The van der Waals surface area contributed by atoms with Gasteiger partial charge >= 0.3 is 0 Å². The summed E-state index contributed by atoms with van der Waals surface area (Å²) in [6.45, 7) is 0. The average molecular weight is 401 g/mol. The minimum atomic E-state index is -3.76. The number of methoxy groups -OCH3 is 1. The summed E-state index contributed by atoms with van der Waals surface area (Å²) in [7, 11) is -2.18. The Morgan fingerprint density at radius 3 is 2.33 bits per heavy atom. The number of nitrogens with zero attached hydrogens (tertiary/aromatic N) is 1. The van der Waals surface area contributed by atoms with Gasteiger partial charge < -0.3 is 10.1 Å². The zero-order valence-corrected chi connectivity index (χ0v) is 16.0. The van der Waals surface area contributed by atoms with Gasteiger partial charge in [0.05, 0.1) is 16.9 Å². The molecule has 0 radical (unpaired) electrons. The number of nitrogens with one attached hydrogen (secondary N) is 1. The van der Waals surface area contributed by atoms with E-state index in [1.54, 1.807) is 73.8 Å². The van der Waals surface area contributed by atoms with E-state index in [0.29, 0.717) is 16.5 Å². The number of hydrogen-bond donors (Lipinski definition) is 1. The van der Waals surface area contributed by atoms with Gasteiger partial charge in [0.2, 0.25) is 9.84 Å². The average Bonchev–Trinajstić information content (AvgIpc) is 2.70. The third-order valence-corrected chi connectivity index (χ3v) is 5.86. The van der Waals surface area contributed by atoms with E-state index in [4.69, 9.17) is 16.3 Å². The molecule has 0 unspecified atom stereocenters. The van der Waals surface area contributed by atoms with E-state index in [0.717, 1.165) is 5.69 Å². The van der Waals surface area contributed by atoms with E-state index in [2.05, 4.69) is 10.3 Å². The molecule has 2 aromatic carbocycles. The monoisotopic (exact) mass is 400 g/mol. The van der Waals surface area contributed by atoms with E-state index in [1.165, 1.54) is 12.4 Å². The maximum Gasteiger partial charge on any atom is 0.208 e. The highest BCUT2D eigenvalue weighted by Gasteiger charge is 2.22. The molecule has 0 spiro atoms. The van der Waals surface area contributed by atoms with E-state index in [9.17, 15) is 8.42 Å². The Kier molecular flexibility index (Phi) is 5.78. The molecule has 5 nitrogen and oxygen atoms in total. The van der Waals surface area contributed by atoms with Crippen LogP contribution in [0.3, 0.4) is 0 Å². The van der Waals surface area contributed by atoms with Gasteiger partial charge in [0.1, 0.15) is 10.9 Å². The quantitative estimate of drug-likeness (QED) is 0.611. The number of aromatic nitrogens is 1. The first-order chi connectivity index (χ1) is 13.0. The van der Waals surface area contributed by atoms with Crippen molar-refractivity contribution in [2.24, 2.45) is 0 Å². The Hall–Kier alpha value is -2.83. The van der Waals surface area contributed by atoms with Crippen LogP contribution >= 0.6 is 11.6 Å². The first kappa shape index (κ1) is 18.9. The van der Waals surface area contributed by atoms with Gasteiger partial charge in [0.15, 0.2) is 0 Å². The molecule has 0 atom stereocenters. The molecule has 1 N–H and O–H groups in total. The molecule has 7 heteroatoms. The van der Waals surface area contributed by atoms with Crippen LogP contribution in [0, 0.1) is 0 Å². The van der Waals surface area contributed by atoms with Gasteiger partial charge in [-0.25, -0.2) is 13.4 Å². The summed E-state index contributed by atoms with van der Waals surface area (Å²) in [5.41, 5.74) is 1.16. The van der Waals surface area contributed by atoms with Gasteiger partial charge in [-0.15, -0.1) is 0 Å². The van der Waals surface area contributed by atoms with Gasteiger partial charge in [0.25, 0.3) is 0 Å². The second-order valence-electron chi connectivity index (χ2n) is 5.57. The molecule has 3 aromatic rings. The normalized spacial score (nSPS) is 11.9. The Balaban J connectivity index is 2.02. The highest BCUT2D eigenvalue weighted by Crippen LogP contribution is 2.28. The first-order valence-electron chi connectivity index (χ1n) is 8.03. The Labute approximate surface area is 163 Å². The number of benzene rings is 2. The van der Waals surface area contributed by atoms with E-state index in [-0.39, 0.29) is 9.80 Å². The van der Waals surface area contributed by atoms with Crippen molar-refractivity contribution in [3.63, 3.8) is 0 Å². The molecule has 1 heterocycles. The van der Waals surface area contributed by atoms with Crippen LogP contribution in [0.4, 0.5) is 5.69 Å². The molecule has 0 saturated carbocycles. The molecule has 0 aliphatic heterocycles. The second kappa shape index (κ2) is 8.24. The number of halogens is 1. The number of ether oxygens (including phenoxy) is 1. The topological polar surface area (TPSA) is 68.3 Å². The first-order valence-corrected chi connectivity index (χ1v) is 9.89. The lowest BCUT2D eigenvalue weighted by Crippen LogP contribution is -2.06. The van der Waals surface area contributed by atoms with Crippen LogP contribution in [-0.4, -0.2) is 20.5 Å². The smallest absolute Gasteiger partial charge is 0.208 e. The van der Waals surface area contributed by atoms with Gasteiger partial charge in [-0.1, -0.05) is 29.8 Å². The molecule has 0 aliphatic carbocycles. The van der Waals surface area contributed by atoms with E-state index in [1.807, 2.05) is 0 Å². The molecule has 0 aliphatic rings. The van der Waals surface area contributed by atoms with Crippen molar-refractivity contribution >= 4 is 32.0 Å². The van der Waals surface area contributed by atoms with Crippen molar-refractivity contribution in [2.75, 3.05) is 12.4 Å². The fourth-order valence-corrected chi connectivity index (χ4v) is 3.93. The summed E-state index contributed by atoms with van der Waals surface area (Å²) in [4.78, 5) is 4.29. The largest absolute Gasteiger partial charge is 0.497 e. The third kappa shape index (κ3) is 4.48. The number of sulfone groups is 1. The lowest BCUT2D eigenvalue weighted by atomic mass is 10.2. The van der Waals surface area contributed by atoms with E-state index < -0.39 is 9.84 Å². The number of anilines is 1. The molecule has 27 heavy (non-hydrogen) atoms. The van der Waals surface area contributed by atoms with E-state index >= 15 is 0 Å². The van der Waals surface area contributed by atoms with Crippen LogP contribution in [0.2, 0.25) is 5.15 Å². The maximum absolute atomic E-state index is 13.2. The van der Waals surface area contributed by atoms with Gasteiger partial charge in [-0.3, -0.25) is 0 Å². The summed E-state index contributed by atoms with van der Waals surface area (Å²) in [6.07, 6.45) is 2.89. The zero-order chi connectivity index (χ0) is 19.3. The van der Waals surface area contributed by atoms with Crippen molar-refractivity contribution in [2.45, 2.75) is 4.90 Å². The third-order valence-electron chi connectivity index (χ3n) is 3.81. The second-order valence-corrected chi connectivity index (χ2v) is 7.87. The number of pyridine rings is 1. The van der Waals surface area contributed by atoms with Crippen LogP contribution in [0.25, 0.3) is 4.91 Å². The van der Waals surface area contributed by atoms with Crippen molar-refractivity contribution in [1.82, 2.24) is 4.98 Å². The lowest BCUT2D eigenvalue weighted by Gasteiger charge is -2.11. The fraction of sp³-hybridized carbons (Fsp3) is 0.0500. The minimum Gasteiger partial charge on any atom is -0.497 e. The van der Waals surface area contributed by atoms with Crippen molar-refractivity contribution < 1.29 is 13.2 Å². The minimum absolute atomic E-state index is 0.0914. The predicted octanol–water partition coefficient (Wildman–Crippen LogP) is 4.63. The molecular weight excluding hydrogens is 384 g/mol. The predicted molar refractivity (Wildman–Crippen MR) is 107 cm³/mol. The summed E-state index contributed by atoms with van der Waals surface area (Å²) in [6, 6.07) is 18.6.